The highest BCUT2D eigenvalue weighted by Crippen LogP contribution is 2.43. The lowest BCUT2D eigenvalue weighted by atomic mass is 9.81. The smallest absolute Gasteiger partial charge is 0.0632 e. The molecule has 0 amide bonds. The van der Waals surface area contributed by atoms with Crippen LogP contribution < -0.4 is 17.2 Å². The Kier molecular flexibility index (Phi) is 5.53. The predicted octanol–water partition coefficient (Wildman–Crippen LogP) is 5.68. The largest absolute Gasteiger partial charge is 0.401 e. The molecule has 3 heteroatoms. The van der Waals surface area contributed by atoms with E-state index >= 15 is 0 Å². The molecule has 0 heterocycles. The van der Waals surface area contributed by atoms with Crippen molar-refractivity contribution < 1.29 is 0 Å². The van der Waals surface area contributed by atoms with E-state index in [1.807, 2.05) is 6.08 Å². The van der Waals surface area contributed by atoms with Gasteiger partial charge in [-0.2, -0.15) is 0 Å². The fourth-order valence-corrected chi connectivity index (χ4v) is 5.23. The van der Waals surface area contributed by atoms with Gasteiger partial charge in [0, 0.05) is 11.7 Å². The van der Waals surface area contributed by atoms with Crippen LogP contribution in [0.4, 0.5) is 0 Å². The van der Waals surface area contributed by atoms with E-state index in [1.54, 1.807) is 0 Å². The summed E-state index contributed by atoms with van der Waals surface area (Å²) in [5, 5.41) is 5.04. The molecule has 33 heavy (non-hydrogen) atoms. The van der Waals surface area contributed by atoms with Gasteiger partial charge < -0.3 is 17.2 Å². The van der Waals surface area contributed by atoms with Crippen LogP contribution in [-0.2, 0) is 12.8 Å². The second kappa shape index (κ2) is 8.51. The molecule has 1 aliphatic rings. The molecule has 6 N–H and O–H groups in total. The van der Waals surface area contributed by atoms with Gasteiger partial charge in [0.1, 0.15) is 0 Å². The molecule has 0 spiro atoms. The van der Waals surface area contributed by atoms with Gasteiger partial charge in [0.25, 0.3) is 0 Å². The number of aryl methyl sites for hydroxylation is 1. The molecule has 0 aliphatic heterocycles. The van der Waals surface area contributed by atoms with Crippen molar-refractivity contribution in [2.45, 2.75) is 38.8 Å². The zero-order chi connectivity index (χ0) is 23.1. The van der Waals surface area contributed by atoms with Gasteiger partial charge in [-0.25, -0.2) is 0 Å². The van der Waals surface area contributed by atoms with Crippen LogP contribution in [0.15, 0.2) is 84.6 Å². The second-order valence-corrected chi connectivity index (χ2v) is 8.90. The molecule has 5 rings (SSSR count). The first-order chi connectivity index (χ1) is 16.0. The summed E-state index contributed by atoms with van der Waals surface area (Å²) in [5.74, 6) is 0. The van der Waals surface area contributed by atoms with Crippen LogP contribution in [0.1, 0.15) is 30.5 Å². The highest BCUT2D eigenvalue weighted by atomic mass is 14.8. The van der Waals surface area contributed by atoms with E-state index in [-0.39, 0.29) is 12.1 Å². The fourth-order valence-electron chi connectivity index (χ4n) is 5.23. The van der Waals surface area contributed by atoms with E-state index < -0.39 is 0 Å². The van der Waals surface area contributed by atoms with Gasteiger partial charge in [-0.15, -0.1) is 0 Å². The Morgan fingerprint density at radius 3 is 2.09 bits per heavy atom. The first-order valence-electron chi connectivity index (χ1n) is 11.8. The first-order valence-corrected chi connectivity index (χ1v) is 11.8. The number of hydrogen-bond donors (Lipinski definition) is 3. The van der Waals surface area contributed by atoms with Crippen molar-refractivity contribution in [3.05, 3.63) is 101 Å². The molecule has 0 bridgehead atoms. The Morgan fingerprint density at radius 2 is 1.42 bits per heavy atom. The van der Waals surface area contributed by atoms with Gasteiger partial charge in [-0.1, -0.05) is 80.6 Å². The van der Waals surface area contributed by atoms with Crippen molar-refractivity contribution in [3.63, 3.8) is 0 Å². The molecule has 166 valence electrons. The first kappa shape index (κ1) is 21.4. The molecule has 0 aromatic heterocycles. The predicted molar refractivity (Wildman–Crippen MR) is 142 cm³/mol. The normalized spacial score (nSPS) is 18.4. The van der Waals surface area contributed by atoms with Gasteiger partial charge in [-0.05, 0) is 79.9 Å². The lowest BCUT2D eigenvalue weighted by Gasteiger charge is -2.26. The summed E-state index contributed by atoms with van der Waals surface area (Å²) in [6.45, 7) is 4.47. The van der Waals surface area contributed by atoms with Crippen LogP contribution in [0.5, 0.6) is 0 Å². The average Bonchev–Trinajstić information content (AvgIpc) is 2.85. The molecule has 2 atom stereocenters. The molecule has 0 saturated carbocycles. The SMILES string of the molecule is CCc1ccc2ccccc2c1-c1c(CC)c(C2=CC(N)C(N)C(N)=C2)cc2ccccc12. The molecule has 4 aromatic carbocycles. The summed E-state index contributed by atoms with van der Waals surface area (Å²) in [7, 11) is 0. The lowest BCUT2D eigenvalue weighted by molar-refractivity contribution is 0.661. The highest BCUT2D eigenvalue weighted by Gasteiger charge is 2.24. The highest BCUT2D eigenvalue weighted by molar-refractivity contribution is 6.09. The Bertz CT molecular complexity index is 1430. The van der Waals surface area contributed by atoms with E-state index in [2.05, 4.69) is 86.7 Å². The van der Waals surface area contributed by atoms with Gasteiger partial charge in [0.2, 0.25) is 0 Å². The van der Waals surface area contributed by atoms with Crippen LogP contribution in [0.2, 0.25) is 0 Å². The Labute approximate surface area is 195 Å². The van der Waals surface area contributed by atoms with Crippen LogP contribution >= 0.6 is 0 Å². The summed E-state index contributed by atoms with van der Waals surface area (Å²) >= 11 is 0. The standard InChI is InChI=1S/C30H31N3/c1-3-18-13-14-19-9-5-7-11-23(19)28(18)29-22(4-2)25(15-20-10-6-8-12-24(20)29)21-16-26(31)30(33)27(32)17-21/h5-17,26,30H,3-4,31-33H2,1-2H3. The van der Waals surface area contributed by atoms with Gasteiger partial charge in [0.15, 0.2) is 0 Å². The van der Waals surface area contributed by atoms with E-state index in [4.69, 9.17) is 17.2 Å². The minimum atomic E-state index is -0.344. The Morgan fingerprint density at radius 1 is 0.758 bits per heavy atom. The minimum Gasteiger partial charge on any atom is -0.401 e. The minimum absolute atomic E-state index is 0.298. The van der Waals surface area contributed by atoms with Crippen LogP contribution in [-0.4, -0.2) is 12.1 Å². The zero-order valence-corrected chi connectivity index (χ0v) is 19.3. The number of fused-ring (bicyclic) bond motifs is 2. The van der Waals surface area contributed by atoms with Crippen LogP contribution in [0.3, 0.4) is 0 Å². The molecule has 0 saturated heterocycles. The topological polar surface area (TPSA) is 78.1 Å². The van der Waals surface area contributed by atoms with Crippen molar-refractivity contribution in [1.82, 2.24) is 0 Å². The average molecular weight is 434 g/mol. The summed E-state index contributed by atoms with van der Waals surface area (Å²) in [6, 6.07) is 23.5. The van der Waals surface area contributed by atoms with Gasteiger partial charge in [-0.3, -0.25) is 0 Å². The maximum Gasteiger partial charge on any atom is 0.0632 e. The monoisotopic (exact) mass is 433 g/mol. The van der Waals surface area contributed by atoms with Crippen molar-refractivity contribution in [2.24, 2.45) is 17.2 Å². The fraction of sp³-hybridized carbons (Fsp3) is 0.200. The molecule has 2 unspecified atom stereocenters. The summed E-state index contributed by atoms with van der Waals surface area (Å²) < 4.78 is 0. The van der Waals surface area contributed by atoms with Crippen molar-refractivity contribution in [2.75, 3.05) is 0 Å². The van der Waals surface area contributed by atoms with Crippen LogP contribution in [0.25, 0.3) is 38.2 Å². The third kappa shape index (κ3) is 3.54. The van der Waals surface area contributed by atoms with E-state index in [0.717, 1.165) is 18.4 Å². The van der Waals surface area contributed by atoms with E-state index in [9.17, 15) is 0 Å². The number of nitrogens with two attached hydrogens (primary N) is 3. The van der Waals surface area contributed by atoms with Crippen LogP contribution in [0, 0.1) is 0 Å². The molecule has 4 aromatic rings. The van der Waals surface area contributed by atoms with Gasteiger partial charge >= 0.3 is 0 Å². The number of benzene rings is 4. The quantitative estimate of drug-likeness (QED) is 0.387. The zero-order valence-electron chi connectivity index (χ0n) is 19.3. The maximum absolute atomic E-state index is 6.35. The third-order valence-corrected chi connectivity index (χ3v) is 6.96. The Balaban J connectivity index is 1.93. The van der Waals surface area contributed by atoms with Crippen molar-refractivity contribution in [1.29, 1.82) is 0 Å². The number of rotatable bonds is 4. The van der Waals surface area contributed by atoms with Crippen molar-refractivity contribution >= 4 is 27.1 Å². The van der Waals surface area contributed by atoms with Gasteiger partial charge in [0.05, 0.1) is 6.04 Å². The lowest BCUT2D eigenvalue weighted by Crippen LogP contribution is -2.45. The molecular weight excluding hydrogens is 402 g/mol. The van der Waals surface area contributed by atoms with E-state index in [1.165, 1.54) is 49.4 Å². The summed E-state index contributed by atoms with van der Waals surface area (Å²) in [5.41, 5.74) is 27.0. The molecule has 3 nitrogen and oxygen atoms in total. The maximum atomic E-state index is 6.35. The third-order valence-electron chi connectivity index (χ3n) is 6.96. The summed E-state index contributed by atoms with van der Waals surface area (Å²) in [4.78, 5) is 0. The van der Waals surface area contributed by atoms with E-state index in [0.29, 0.717) is 5.70 Å². The molecule has 0 fully saturated rings. The number of hydrogen-bond acceptors (Lipinski definition) is 3. The Hall–Kier alpha value is -3.40. The molecule has 0 radical (unpaired) electrons. The second-order valence-electron chi connectivity index (χ2n) is 8.90. The van der Waals surface area contributed by atoms with Crippen molar-refractivity contribution in [3.8, 4) is 11.1 Å². The number of allylic oxidation sites excluding steroid dienone is 2. The molecular formula is C30H31N3. The summed E-state index contributed by atoms with van der Waals surface area (Å²) in [6.07, 6.45) is 5.94. The molecule has 1 aliphatic carbocycles.